The molecule has 1 spiro atoms. The van der Waals surface area contributed by atoms with Crippen LogP contribution in [0.2, 0.25) is 0 Å². The van der Waals surface area contributed by atoms with Gasteiger partial charge < -0.3 is 35.5 Å². The molecule has 1 saturated carbocycles. The molecule has 3 fully saturated rings. The predicted molar refractivity (Wildman–Crippen MR) is 253 cm³/mol. The van der Waals surface area contributed by atoms with Gasteiger partial charge in [0.2, 0.25) is 0 Å². The summed E-state index contributed by atoms with van der Waals surface area (Å²) in [6.07, 6.45) is 44.6. The van der Waals surface area contributed by atoms with Gasteiger partial charge in [-0.05, 0) is 77.0 Å². The molecule has 2 heterocycles. The average Bonchev–Trinajstić information content (AvgIpc) is 3.67. The number of hydrogen-bond donors (Lipinski definition) is 4. The Balaban J connectivity index is 1.55. The zero-order valence-electron chi connectivity index (χ0n) is 39.2. The average molecular weight is 931 g/mol. The third-order valence-corrected chi connectivity index (χ3v) is 14.0. The van der Waals surface area contributed by atoms with E-state index in [4.69, 9.17) is 43.8 Å². The monoisotopic (exact) mass is 931 g/mol. The van der Waals surface area contributed by atoms with E-state index >= 15 is 0 Å². The summed E-state index contributed by atoms with van der Waals surface area (Å²) in [7, 11) is -8.86. The smallest absolute Gasteiger partial charge is 0.361 e. The van der Waals surface area contributed by atoms with E-state index in [1.807, 2.05) is 0 Å². The lowest BCUT2D eigenvalue weighted by Crippen LogP contribution is -2.38. The van der Waals surface area contributed by atoms with Gasteiger partial charge in [-0.15, -0.1) is 0 Å². The first-order valence-electron chi connectivity index (χ1n) is 24.9. The molecule has 3 rings (SSSR count). The fraction of sp³-hybridized carbons (Fsp3) is 0.833. The van der Waals surface area contributed by atoms with Gasteiger partial charge in [0.25, 0.3) is 0 Å². The van der Waals surface area contributed by atoms with Crippen LogP contribution in [0.1, 0.15) is 187 Å². The number of nitrogens with two attached hydrogens (primary N) is 2. The molecule has 13 nitrogen and oxygen atoms in total. The normalized spacial score (nSPS) is 25.0. The highest BCUT2D eigenvalue weighted by Crippen LogP contribution is 2.63. The van der Waals surface area contributed by atoms with Crippen molar-refractivity contribution in [3.63, 3.8) is 0 Å². The molecule has 7 atom stereocenters. The van der Waals surface area contributed by atoms with E-state index in [1.165, 1.54) is 89.9 Å². The van der Waals surface area contributed by atoms with Crippen molar-refractivity contribution in [3.8, 4) is 0 Å². The molecule has 2 saturated heterocycles. The number of fused-ring (bicyclic) bond motifs is 2. The zero-order chi connectivity index (χ0) is 45.5. The van der Waals surface area contributed by atoms with E-state index in [2.05, 4.69) is 62.5 Å². The van der Waals surface area contributed by atoms with Crippen molar-refractivity contribution < 1.29 is 51.2 Å². The first-order valence-corrected chi connectivity index (χ1v) is 27.9. The maximum atomic E-state index is 12.8. The highest BCUT2D eigenvalue weighted by Gasteiger charge is 2.76. The molecule has 0 aromatic carbocycles. The van der Waals surface area contributed by atoms with Crippen molar-refractivity contribution in [2.24, 2.45) is 11.5 Å². The summed E-state index contributed by atoms with van der Waals surface area (Å²) in [5, 5.41) is 0. The molecule has 0 bridgehead atoms. The maximum absolute atomic E-state index is 12.8. The Hall–Kier alpha value is -1.02. The van der Waals surface area contributed by atoms with Crippen LogP contribution in [0.15, 0.2) is 48.6 Å². The number of unbranched alkanes of at least 4 members (excludes halogenated alkanes) is 18. The number of rotatable bonds is 41. The lowest BCUT2D eigenvalue weighted by molar-refractivity contribution is -0.226. The second kappa shape index (κ2) is 32.6. The topological polar surface area (TPSA) is 191 Å². The van der Waals surface area contributed by atoms with Gasteiger partial charge in [0.1, 0.15) is 30.0 Å². The predicted octanol–water partition coefficient (Wildman–Crippen LogP) is 12.0. The SMILES string of the molecule is CCCCC/C=C\C/C=C\CCCCCCCCC1(CCCCCCCC/C=C\C/C=C\CCCCC)O[C@@H]2[C@@H](COP(=O)(O)OCCN)OC3(C[C@@H]3OP(=O)(O)OCCN)[C@H]2O1. The fourth-order valence-corrected chi connectivity index (χ4v) is 10.2. The third kappa shape index (κ3) is 23.0. The van der Waals surface area contributed by atoms with Gasteiger partial charge in [0, 0.05) is 32.4 Å². The van der Waals surface area contributed by atoms with Gasteiger partial charge in [-0.1, -0.05) is 140 Å². The van der Waals surface area contributed by atoms with Crippen molar-refractivity contribution in [1.29, 1.82) is 0 Å². The molecule has 15 heteroatoms. The van der Waals surface area contributed by atoms with E-state index in [-0.39, 0.29) is 39.3 Å². The summed E-state index contributed by atoms with van der Waals surface area (Å²) in [6.45, 7) is 3.98. The van der Waals surface area contributed by atoms with Crippen molar-refractivity contribution in [2.45, 2.75) is 223 Å². The molecule has 0 radical (unpaired) electrons. The Labute approximate surface area is 381 Å². The Morgan fingerprint density at radius 1 is 0.571 bits per heavy atom. The summed E-state index contributed by atoms with van der Waals surface area (Å²) in [6, 6.07) is 0. The summed E-state index contributed by atoms with van der Waals surface area (Å²) in [5.74, 6) is -0.903. The van der Waals surface area contributed by atoms with Gasteiger partial charge in [-0.25, -0.2) is 9.13 Å². The van der Waals surface area contributed by atoms with E-state index in [1.54, 1.807) is 0 Å². The van der Waals surface area contributed by atoms with Gasteiger partial charge >= 0.3 is 15.6 Å². The minimum absolute atomic E-state index is 0.0526. The van der Waals surface area contributed by atoms with Crippen LogP contribution < -0.4 is 11.5 Å². The van der Waals surface area contributed by atoms with Gasteiger partial charge in [-0.3, -0.25) is 18.1 Å². The quantitative estimate of drug-likeness (QED) is 0.0257. The molecule has 0 aromatic rings. The van der Waals surface area contributed by atoms with E-state index in [0.29, 0.717) is 12.8 Å². The van der Waals surface area contributed by atoms with Crippen LogP contribution in [0.5, 0.6) is 0 Å². The molecule has 63 heavy (non-hydrogen) atoms. The molecule has 0 aromatic heterocycles. The second-order valence-electron chi connectivity index (χ2n) is 17.6. The molecule has 6 N–H and O–H groups in total. The summed E-state index contributed by atoms with van der Waals surface area (Å²) < 4.78 is 66.6. The number of allylic oxidation sites excluding steroid dienone is 8. The van der Waals surface area contributed by atoms with Crippen LogP contribution in [0.4, 0.5) is 0 Å². The Morgan fingerprint density at radius 3 is 1.49 bits per heavy atom. The molecular weight excluding hydrogens is 842 g/mol. The molecule has 2 aliphatic heterocycles. The lowest BCUT2D eigenvalue weighted by Gasteiger charge is -2.32. The van der Waals surface area contributed by atoms with Crippen LogP contribution in [-0.2, 0) is 41.4 Å². The first kappa shape index (κ1) is 56.3. The highest BCUT2D eigenvalue weighted by molar-refractivity contribution is 7.47. The molecule has 3 unspecified atom stereocenters. The zero-order valence-corrected chi connectivity index (χ0v) is 41.0. The van der Waals surface area contributed by atoms with E-state index in [0.717, 1.165) is 64.2 Å². The molecule has 366 valence electrons. The highest BCUT2D eigenvalue weighted by atomic mass is 31.2. The maximum Gasteiger partial charge on any atom is 0.472 e. The van der Waals surface area contributed by atoms with Gasteiger partial charge in [0.15, 0.2) is 5.79 Å². The molecule has 3 aliphatic rings. The number of hydrogen-bond acceptors (Lipinski definition) is 11. The Kier molecular flexibility index (Phi) is 29.2. The van der Waals surface area contributed by atoms with Gasteiger partial charge in [-0.2, -0.15) is 0 Å². The number of phosphoric acid groups is 2. The first-order chi connectivity index (χ1) is 30.6. The second-order valence-corrected chi connectivity index (χ2v) is 20.4. The van der Waals surface area contributed by atoms with Gasteiger partial charge in [0.05, 0.1) is 19.8 Å². The van der Waals surface area contributed by atoms with Crippen LogP contribution in [-0.4, -0.2) is 78.5 Å². The standard InChI is InChI=1S/C48H88N2O11P2/c1-3-5-7-9-11-13-15-17-19-21-23-25-27-29-31-33-35-47(36-34-32-30-28-26-24-22-20-18-16-14-12-10-8-6-4-2)59-45-43(42-57-62(51,52)55-39-37-49)58-48(46(45)60-47)41-44(48)61-63(53,54)56-40-38-50/h11-14,17-20,43-46H,3-10,15-16,21-42,49-50H2,1-2H3,(H,51,52)(H,53,54)/b13-11-,14-12-,19-17-,20-18-/t43-,44+,45-,46+,48?/m1/s1. The molecule has 0 amide bonds. The van der Waals surface area contributed by atoms with Crippen LogP contribution in [0.3, 0.4) is 0 Å². The van der Waals surface area contributed by atoms with Crippen LogP contribution in [0.25, 0.3) is 0 Å². The Morgan fingerprint density at radius 2 is 1.02 bits per heavy atom. The Bertz CT molecular complexity index is 1370. The molecular formula is C48H88N2O11P2. The fourth-order valence-electron chi connectivity index (χ4n) is 8.47. The van der Waals surface area contributed by atoms with E-state index in [9.17, 15) is 18.9 Å². The lowest BCUT2D eigenvalue weighted by atomic mass is 9.98. The van der Waals surface area contributed by atoms with Crippen molar-refractivity contribution in [2.75, 3.05) is 32.9 Å². The number of phosphoric ester groups is 2. The third-order valence-electron chi connectivity index (χ3n) is 12.0. The van der Waals surface area contributed by atoms with Crippen molar-refractivity contribution in [1.82, 2.24) is 0 Å². The van der Waals surface area contributed by atoms with Crippen molar-refractivity contribution >= 4 is 15.6 Å². The summed E-state index contributed by atoms with van der Waals surface area (Å²) >= 11 is 0. The minimum atomic E-state index is -4.44. The minimum Gasteiger partial charge on any atom is -0.361 e. The molecule has 1 aliphatic carbocycles. The van der Waals surface area contributed by atoms with Crippen LogP contribution >= 0.6 is 15.6 Å². The van der Waals surface area contributed by atoms with E-state index < -0.39 is 51.4 Å². The largest absolute Gasteiger partial charge is 0.472 e. The summed E-state index contributed by atoms with van der Waals surface area (Å²) in [5.41, 5.74) is 9.86. The van der Waals surface area contributed by atoms with Crippen molar-refractivity contribution in [3.05, 3.63) is 48.6 Å². The summed E-state index contributed by atoms with van der Waals surface area (Å²) in [4.78, 5) is 20.7. The number of ether oxygens (including phenoxy) is 3. The van der Waals surface area contributed by atoms with Crippen LogP contribution in [0, 0.1) is 0 Å².